The first kappa shape index (κ1) is 17.7. The van der Waals surface area contributed by atoms with Crippen molar-refractivity contribution in [3.05, 3.63) is 22.8 Å². The lowest BCUT2D eigenvalue weighted by Gasteiger charge is -2.29. The largest absolute Gasteiger partial charge is 0.389 e. The molecule has 4 nitrogen and oxygen atoms in total. The molecule has 140 valence electrons. The number of fused-ring (bicyclic) bond motifs is 1. The van der Waals surface area contributed by atoms with Crippen LogP contribution in [-0.2, 0) is 0 Å². The maximum absolute atomic E-state index is 12.5. The van der Waals surface area contributed by atoms with Crippen molar-refractivity contribution in [2.45, 2.75) is 63.1 Å². The van der Waals surface area contributed by atoms with E-state index in [1.807, 2.05) is 6.07 Å². The molecule has 0 atom stereocenters. The Morgan fingerprint density at radius 1 is 1.19 bits per heavy atom. The number of aromatic nitrogens is 2. The van der Waals surface area contributed by atoms with Crippen molar-refractivity contribution >= 4 is 27.6 Å². The van der Waals surface area contributed by atoms with Gasteiger partial charge in [-0.1, -0.05) is 0 Å². The highest BCUT2D eigenvalue weighted by atomic mass is 32.1. The van der Waals surface area contributed by atoms with Crippen molar-refractivity contribution in [2.24, 2.45) is 5.92 Å². The van der Waals surface area contributed by atoms with Crippen molar-refractivity contribution in [1.82, 2.24) is 15.3 Å². The van der Waals surface area contributed by atoms with E-state index in [4.69, 9.17) is 0 Å². The van der Waals surface area contributed by atoms with Gasteiger partial charge >= 0.3 is 6.18 Å². The number of amides is 1. The van der Waals surface area contributed by atoms with Crippen molar-refractivity contribution in [3.63, 3.8) is 0 Å². The lowest BCUT2D eigenvalue weighted by atomic mass is 9.84. The van der Waals surface area contributed by atoms with E-state index in [0.29, 0.717) is 42.8 Å². The number of halogens is 3. The van der Waals surface area contributed by atoms with E-state index in [9.17, 15) is 18.0 Å². The average molecular weight is 383 g/mol. The molecule has 26 heavy (non-hydrogen) atoms. The van der Waals surface area contributed by atoms with E-state index < -0.39 is 12.6 Å². The molecule has 0 saturated heterocycles. The summed E-state index contributed by atoms with van der Waals surface area (Å²) in [5, 5.41) is 4.04. The predicted octanol–water partition coefficient (Wildman–Crippen LogP) is 4.81. The highest BCUT2D eigenvalue weighted by Gasteiger charge is 2.34. The minimum Gasteiger partial charge on any atom is -0.349 e. The molecule has 1 amide bonds. The first-order valence-electron chi connectivity index (χ1n) is 9.01. The Morgan fingerprint density at radius 3 is 2.58 bits per heavy atom. The maximum atomic E-state index is 12.5. The van der Waals surface area contributed by atoms with Crippen molar-refractivity contribution in [1.29, 1.82) is 0 Å². The summed E-state index contributed by atoms with van der Waals surface area (Å²) < 4.78 is 38.3. The summed E-state index contributed by atoms with van der Waals surface area (Å²) >= 11 is 1.59. The van der Waals surface area contributed by atoms with Gasteiger partial charge in [0, 0.05) is 24.6 Å². The van der Waals surface area contributed by atoms with Gasteiger partial charge in [0.1, 0.15) is 0 Å². The van der Waals surface area contributed by atoms with Gasteiger partial charge in [-0.2, -0.15) is 13.2 Å². The predicted molar refractivity (Wildman–Crippen MR) is 93.3 cm³/mol. The number of pyridine rings is 1. The Hall–Kier alpha value is -1.70. The second-order valence-corrected chi connectivity index (χ2v) is 8.44. The van der Waals surface area contributed by atoms with Crippen LogP contribution in [0.3, 0.4) is 0 Å². The summed E-state index contributed by atoms with van der Waals surface area (Å²) in [5.41, 5.74) is 1.17. The molecule has 0 unspecified atom stereocenters. The van der Waals surface area contributed by atoms with Crippen molar-refractivity contribution in [3.8, 4) is 0 Å². The fourth-order valence-electron chi connectivity index (χ4n) is 3.57. The van der Waals surface area contributed by atoms with Crippen molar-refractivity contribution in [2.75, 3.05) is 0 Å². The number of rotatable bonds is 4. The van der Waals surface area contributed by atoms with Crippen LogP contribution in [0, 0.1) is 5.92 Å². The molecule has 0 bridgehead atoms. The molecule has 0 aliphatic heterocycles. The number of nitrogens with zero attached hydrogens (tertiary/aromatic N) is 2. The third-order valence-electron chi connectivity index (χ3n) is 5.15. The van der Waals surface area contributed by atoms with Gasteiger partial charge in [-0.15, -0.1) is 11.3 Å². The minimum atomic E-state index is -4.10. The van der Waals surface area contributed by atoms with Gasteiger partial charge in [-0.25, -0.2) is 9.97 Å². The molecule has 2 aromatic rings. The molecule has 1 N–H and O–H groups in total. The zero-order valence-electron chi connectivity index (χ0n) is 14.2. The van der Waals surface area contributed by atoms with Gasteiger partial charge in [0.2, 0.25) is 0 Å². The molecule has 2 aliphatic rings. The third-order valence-corrected chi connectivity index (χ3v) is 6.31. The van der Waals surface area contributed by atoms with Gasteiger partial charge in [-0.3, -0.25) is 4.79 Å². The van der Waals surface area contributed by atoms with Crippen LogP contribution in [0.25, 0.3) is 10.3 Å². The highest BCUT2D eigenvalue weighted by molar-refractivity contribution is 7.18. The summed E-state index contributed by atoms with van der Waals surface area (Å²) in [6.07, 6.45) is 1.24. The Morgan fingerprint density at radius 2 is 1.92 bits per heavy atom. The van der Waals surface area contributed by atoms with Crippen LogP contribution in [0.2, 0.25) is 0 Å². The summed E-state index contributed by atoms with van der Waals surface area (Å²) in [7, 11) is 0. The zero-order chi connectivity index (χ0) is 18.3. The first-order chi connectivity index (χ1) is 12.4. The van der Waals surface area contributed by atoms with Gasteiger partial charge in [-0.05, 0) is 50.5 Å². The lowest BCUT2D eigenvalue weighted by Crippen LogP contribution is -2.38. The monoisotopic (exact) mass is 383 g/mol. The maximum Gasteiger partial charge on any atom is 0.389 e. The molecule has 2 aliphatic carbocycles. The van der Waals surface area contributed by atoms with Gasteiger partial charge in [0.05, 0.1) is 15.3 Å². The highest BCUT2D eigenvalue weighted by Crippen LogP contribution is 2.43. The number of alkyl halides is 3. The topological polar surface area (TPSA) is 54.9 Å². The molecule has 0 spiro atoms. The van der Waals surface area contributed by atoms with Crippen LogP contribution in [-0.4, -0.2) is 28.1 Å². The van der Waals surface area contributed by atoms with Crippen LogP contribution in [0.15, 0.2) is 12.3 Å². The normalized spacial score (nSPS) is 24.0. The molecule has 2 saturated carbocycles. The molecular formula is C18H20F3N3OS. The number of carbonyl (C=O) groups excluding carboxylic acids is 1. The SMILES string of the molecule is O=C(N[C@H]1CC[C@H](CC(F)(F)F)CC1)c1cnc2nc(C3CC3)sc2c1. The minimum absolute atomic E-state index is 0.0637. The second-order valence-electron chi connectivity index (χ2n) is 7.38. The fraction of sp³-hybridized carbons (Fsp3) is 0.611. The van der Waals surface area contributed by atoms with Gasteiger partial charge < -0.3 is 5.32 Å². The van der Waals surface area contributed by atoms with Crippen LogP contribution in [0.1, 0.15) is 66.2 Å². The van der Waals surface area contributed by atoms with Crippen molar-refractivity contribution < 1.29 is 18.0 Å². The summed E-state index contributed by atoms with van der Waals surface area (Å²) in [6, 6.07) is 1.75. The Labute approximate surface area is 153 Å². The number of hydrogen-bond donors (Lipinski definition) is 1. The average Bonchev–Trinajstić information content (AvgIpc) is 3.34. The summed E-state index contributed by atoms with van der Waals surface area (Å²) in [5.74, 6) is 0.0256. The molecule has 0 radical (unpaired) electrons. The van der Waals surface area contributed by atoms with Crippen LogP contribution < -0.4 is 5.32 Å². The van der Waals surface area contributed by atoms with Gasteiger partial charge in [0.15, 0.2) is 5.65 Å². The quantitative estimate of drug-likeness (QED) is 0.824. The van der Waals surface area contributed by atoms with E-state index in [0.717, 1.165) is 9.71 Å². The summed E-state index contributed by atoms with van der Waals surface area (Å²) in [4.78, 5) is 21.3. The number of nitrogens with one attached hydrogen (secondary N) is 1. The zero-order valence-corrected chi connectivity index (χ0v) is 15.0. The Bertz CT molecular complexity index is 808. The molecular weight excluding hydrogens is 363 g/mol. The molecule has 2 aromatic heterocycles. The van der Waals surface area contributed by atoms with E-state index in [1.54, 1.807) is 11.3 Å². The molecule has 0 aromatic carbocycles. The molecule has 2 fully saturated rings. The molecule has 4 rings (SSSR count). The lowest BCUT2D eigenvalue weighted by molar-refractivity contribution is -0.146. The van der Waals surface area contributed by atoms with Crippen LogP contribution >= 0.6 is 11.3 Å². The smallest absolute Gasteiger partial charge is 0.349 e. The third kappa shape index (κ3) is 4.16. The number of thiazole rings is 1. The van der Waals surface area contributed by atoms with E-state index in [-0.39, 0.29) is 17.9 Å². The molecule has 2 heterocycles. The van der Waals surface area contributed by atoms with Gasteiger partial charge in [0.25, 0.3) is 5.91 Å². The van der Waals surface area contributed by atoms with E-state index in [1.165, 1.54) is 19.0 Å². The first-order valence-corrected chi connectivity index (χ1v) is 9.83. The van der Waals surface area contributed by atoms with Crippen LogP contribution in [0.4, 0.5) is 13.2 Å². The number of hydrogen-bond acceptors (Lipinski definition) is 4. The van der Waals surface area contributed by atoms with E-state index >= 15 is 0 Å². The standard InChI is InChI=1S/C18H20F3N3OS/c19-18(20,21)8-10-1-5-13(6-2-10)23-16(25)12-7-14-15(22-9-12)24-17(26-14)11-3-4-11/h7,9-11,13H,1-6,8H2,(H,23,25)/t10-,13-. The Kier molecular flexibility index (Phi) is 4.62. The summed E-state index contributed by atoms with van der Waals surface area (Å²) in [6.45, 7) is 0. The number of carbonyl (C=O) groups is 1. The molecule has 8 heteroatoms. The van der Waals surface area contributed by atoms with Crippen LogP contribution in [0.5, 0.6) is 0 Å². The second kappa shape index (κ2) is 6.79. The Balaban J connectivity index is 1.35. The fourth-order valence-corrected chi connectivity index (χ4v) is 4.71. The van der Waals surface area contributed by atoms with E-state index in [2.05, 4.69) is 15.3 Å².